The van der Waals surface area contributed by atoms with E-state index in [9.17, 15) is 0 Å². The van der Waals surface area contributed by atoms with E-state index in [1.54, 1.807) is 0 Å². The number of halogens is 1. The van der Waals surface area contributed by atoms with Gasteiger partial charge >= 0.3 is 0 Å². The highest BCUT2D eigenvalue weighted by molar-refractivity contribution is 6.17. The molecule has 1 aromatic carbocycles. The quantitative estimate of drug-likeness (QED) is 0.437. The van der Waals surface area contributed by atoms with Crippen LogP contribution in [0, 0.1) is 19.8 Å². The van der Waals surface area contributed by atoms with Crippen LogP contribution in [0.25, 0.3) is 0 Å². The molecule has 2 nitrogen and oxygen atoms in total. The molecule has 17 heavy (non-hydrogen) atoms. The van der Waals surface area contributed by atoms with Crippen LogP contribution >= 0.6 is 11.6 Å². The maximum absolute atomic E-state index is 5.83. The molecular formula is C14H19ClO2. The van der Waals surface area contributed by atoms with Gasteiger partial charge in [-0.1, -0.05) is 12.1 Å². The molecule has 0 bridgehead atoms. The topological polar surface area (TPSA) is 18.5 Å². The molecule has 0 spiro atoms. The van der Waals surface area contributed by atoms with Gasteiger partial charge in [0.1, 0.15) is 5.75 Å². The minimum atomic E-state index is 0.346. The predicted molar refractivity (Wildman–Crippen MR) is 69.6 cm³/mol. The first-order chi connectivity index (χ1) is 8.20. The van der Waals surface area contributed by atoms with Crippen LogP contribution < -0.4 is 4.74 Å². The van der Waals surface area contributed by atoms with E-state index in [1.807, 2.05) is 13.8 Å². The lowest BCUT2D eigenvalue weighted by Crippen LogP contribution is -2.07. The summed E-state index contributed by atoms with van der Waals surface area (Å²) in [4.78, 5) is 0. The van der Waals surface area contributed by atoms with Crippen molar-refractivity contribution >= 4 is 11.6 Å². The van der Waals surface area contributed by atoms with Gasteiger partial charge in [0.15, 0.2) is 6.79 Å². The smallest absolute Gasteiger partial charge is 0.189 e. The maximum Gasteiger partial charge on any atom is 0.189 e. The lowest BCUT2D eigenvalue weighted by molar-refractivity contribution is 0.00923. The third-order valence-corrected chi connectivity index (χ3v) is 3.32. The molecule has 0 atom stereocenters. The van der Waals surface area contributed by atoms with Crippen LogP contribution in [0.5, 0.6) is 5.75 Å². The van der Waals surface area contributed by atoms with E-state index in [4.69, 9.17) is 21.1 Å². The zero-order valence-corrected chi connectivity index (χ0v) is 11.2. The number of hydrogen-bond donors (Lipinski definition) is 0. The molecule has 1 aliphatic rings. The van der Waals surface area contributed by atoms with Crippen LogP contribution in [0.4, 0.5) is 0 Å². The van der Waals surface area contributed by atoms with Crippen LogP contribution in [-0.4, -0.2) is 13.4 Å². The molecule has 0 N–H and O–H groups in total. The first-order valence-electron chi connectivity index (χ1n) is 6.07. The zero-order chi connectivity index (χ0) is 12.3. The largest absolute Gasteiger partial charge is 0.467 e. The monoisotopic (exact) mass is 254 g/mol. The van der Waals surface area contributed by atoms with Gasteiger partial charge in [0.25, 0.3) is 0 Å². The summed E-state index contributed by atoms with van der Waals surface area (Å²) >= 11 is 5.83. The summed E-state index contributed by atoms with van der Waals surface area (Å²) in [5, 5.41) is 0. The highest BCUT2D eigenvalue weighted by Gasteiger charge is 2.21. The third kappa shape index (κ3) is 3.62. The zero-order valence-electron chi connectivity index (χ0n) is 10.5. The Morgan fingerprint density at radius 1 is 1.24 bits per heavy atom. The van der Waals surface area contributed by atoms with Crippen molar-refractivity contribution in [1.29, 1.82) is 0 Å². The van der Waals surface area contributed by atoms with Crippen LogP contribution in [-0.2, 0) is 10.6 Å². The van der Waals surface area contributed by atoms with E-state index >= 15 is 0 Å². The molecule has 0 aliphatic heterocycles. The summed E-state index contributed by atoms with van der Waals surface area (Å²) in [5.41, 5.74) is 3.37. The van der Waals surface area contributed by atoms with Gasteiger partial charge in [0.2, 0.25) is 0 Å². The summed E-state index contributed by atoms with van der Waals surface area (Å²) in [6.45, 7) is 5.26. The Labute approximate surface area is 108 Å². The molecule has 1 saturated carbocycles. The fourth-order valence-electron chi connectivity index (χ4n) is 1.94. The summed E-state index contributed by atoms with van der Waals surface area (Å²) in [5.74, 6) is 2.24. The summed E-state index contributed by atoms with van der Waals surface area (Å²) in [6, 6.07) is 4.13. The fourth-order valence-corrected chi connectivity index (χ4v) is 2.10. The van der Waals surface area contributed by atoms with Gasteiger partial charge in [-0.3, -0.25) is 0 Å². The highest BCUT2D eigenvalue weighted by atomic mass is 35.5. The van der Waals surface area contributed by atoms with E-state index < -0.39 is 0 Å². The average molecular weight is 255 g/mol. The van der Waals surface area contributed by atoms with Gasteiger partial charge in [-0.25, -0.2) is 0 Å². The lowest BCUT2D eigenvalue weighted by Gasteiger charge is -2.13. The number of hydrogen-bond acceptors (Lipinski definition) is 2. The SMILES string of the molecule is Cc1cc(CCl)cc(C)c1OCOCC1CC1. The fraction of sp³-hybridized carbons (Fsp3) is 0.571. The average Bonchev–Trinajstić information content (AvgIpc) is 3.10. The molecule has 0 unspecified atom stereocenters. The van der Waals surface area contributed by atoms with Crippen molar-refractivity contribution in [2.45, 2.75) is 32.6 Å². The van der Waals surface area contributed by atoms with Gasteiger partial charge in [0.05, 0.1) is 6.61 Å². The van der Waals surface area contributed by atoms with E-state index in [1.165, 1.54) is 12.8 Å². The molecule has 1 aliphatic carbocycles. The van der Waals surface area contributed by atoms with Crippen molar-refractivity contribution in [3.8, 4) is 5.75 Å². The predicted octanol–water partition coefficient (Wildman–Crippen LogP) is 3.81. The Balaban J connectivity index is 1.89. The van der Waals surface area contributed by atoms with Crippen molar-refractivity contribution in [2.24, 2.45) is 5.92 Å². The second-order valence-electron chi connectivity index (χ2n) is 4.77. The Kier molecular flexibility index (Phi) is 4.30. The first-order valence-corrected chi connectivity index (χ1v) is 6.60. The lowest BCUT2D eigenvalue weighted by atomic mass is 10.1. The Bertz CT molecular complexity index is 363. The molecule has 0 heterocycles. The van der Waals surface area contributed by atoms with Crippen molar-refractivity contribution < 1.29 is 9.47 Å². The van der Waals surface area contributed by atoms with E-state index in [0.717, 1.165) is 35.0 Å². The van der Waals surface area contributed by atoms with Crippen LogP contribution in [0.2, 0.25) is 0 Å². The minimum absolute atomic E-state index is 0.346. The maximum atomic E-state index is 5.83. The van der Waals surface area contributed by atoms with E-state index in [-0.39, 0.29) is 0 Å². The van der Waals surface area contributed by atoms with Gasteiger partial charge in [-0.2, -0.15) is 0 Å². The second kappa shape index (κ2) is 5.74. The normalized spacial score (nSPS) is 15.0. The first kappa shape index (κ1) is 12.7. The summed E-state index contributed by atoms with van der Waals surface area (Å²) in [7, 11) is 0. The molecule has 0 aromatic heterocycles. The molecule has 3 heteroatoms. The number of rotatable bonds is 6. The van der Waals surface area contributed by atoms with E-state index in [0.29, 0.717) is 12.7 Å². The molecule has 2 rings (SSSR count). The molecule has 1 fully saturated rings. The summed E-state index contributed by atoms with van der Waals surface area (Å²) in [6.07, 6.45) is 2.62. The molecule has 0 amide bonds. The Morgan fingerprint density at radius 2 is 1.88 bits per heavy atom. The second-order valence-corrected chi connectivity index (χ2v) is 5.04. The molecule has 94 valence electrons. The van der Waals surface area contributed by atoms with Crippen LogP contribution in [0.15, 0.2) is 12.1 Å². The van der Waals surface area contributed by atoms with Crippen LogP contribution in [0.1, 0.15) is 29.5 Å². The third-order valence-electron chi connectivity index (χ3n) is 3.01. The molecular weight excluding hydrogens is 236 g/mol. The molecule has 1 aromatic rings. The van der Waals surface area contributed by atoms with Crippen molar-refractivity contribution in [3.05, 3.63) is 28.8 Å². The summed E-state index contributed by atoms with van der Waals surface area (Å²) < 4.78 is 11.2. The number of ether oxygens (including phenoxy) is 2. The Hall–Kier alpha value is -0.730. The highest BCUT2D eigenvalue weighted by Crippen LogP contribution is 2.29. The van der Waals surface area contributed by atoms with Gasteiger partial charge in [-0.05, 0) is 49.3 Å². The Morgan fingerprint density at radius 3 is 2.41 bits per heavy atom. The van der Waals surface area contributed by atoms with Crippen molar-refractivity contribution in [1.82, 2.24) is 0 Å². The van der Waals surface area contributed by atoms with Gasteiger partial charge in [0, 0.05) is 5.88 Å². The number of alkyl halides is 1. The number of benzene rings is 1. The van der Waals surface area contributed by atoms with Gasteiger partial charge in [-0.15, -0.1) is 11.6 Å². The van der Waals surface area contributed by atoms with E-state index in [2.05, 4.69) is 12.1 Å². The molecule has 0 radical (unpaired) electrons. The van der Waals surface area contributed by atoms with Gasteiger partial charge < -0.3 is 9.47 Å². The van der Waals surface area contributed by atoms with Crippen molar-refractivity contribution in [2.75, 3.05) is 13.4 Å². The van der Waals surface area contributed by atoms with Crippen molar-refractivity contribution in [3.63, 3.8) is 0 Å². The molecule has 0 saturated heterocycles. The number of aryl methyl sites for hydroxylation is 2. The standard InChI is InChI=1S/C14H19ClO2/c1-10-5-13(7-15)6-11(2)14(10)17-9-16-8-12-3-4-12/h5-6,12H,3-4,7-9H2,1-2H3. The minimum Gasteiger partial charge on any atom is -0.467 e. The van der Waals surface area contributed by atoms with Crippen LogP contribution in [0.3, 0.4) is 0 Å².